The summed E-state index contributed by atoms with van der Waals surface area (Å²) in [6, 6.07) is 4.81. The molecule has 0 atom stereocenters. The third-order valence-corrected chi connectivity index (χ3v) is 3.15. The molecule has 0 N–H and O–H groups in total. The molecule has 0 saturated heterocycles. The summed E-state index contributed by atoms with van der Waals surface area (Å²) < 4.78 is 39.3. The van der Waals surface area contributed by atoms with Crippen LogP contribution in [0.15, 0.2) is 30.5 Å². The Morgan fingerprint density at radius 1 is 1.35 bits per heavy atom. The van der Waals surface area contributed by atoms with Crippen LogP contribution >= 0.6 is 0 Å². The van der Waals surface area contributed by atoms with Gasteiger partial charge < -0.3 is 0 Å². The quantitative estimate of drug-likeness (QED) is 0.810. The van der Waals surface area contributed by atoms with Gasteiger partial charge in [-0.05, 0) is 18.6 Å². The normalized spacial score (nSPS) is 11.7. The highest BCUT2D eigenvalue weighted by Crippen LogP contribution is 2.29. The van der Waals surface area contributed by atoms with Gasteiger partial charge in [0.2, 0.25) is 0 Å². The summed E-state index contributed by atoms with van der Waals surface area (Å²) in [6.07, 6.45) is -3.04. The maximum atomic E-state index is 12.6. The van der Waals surface area contributed by atoms with Crippen molar-refractivity contribution in [3.8, 4) is 0 Å². The fourth-order valence-corrected chi connectivity index (χ4v) is 1.91. The SMILES string of the molecule is Cc1c(C(=O)Cc2cccc(C(F)(F)F)c2)cnn1C. The first-order valence-corrected chi connectivity index (χ1v) is 5.97. The Morgan fingerprint density at radius 3 is 2.60 bits per heavy atom. The lowest BCUT2D eigenvalue weighted by Gasteiger charge is -2.08. The van der Waals surface area contributed by atoms with E-state index in [1.807, 2.05) is 0 Å². The molecule has 106 valence electrons. The number of carbonyl (C=O) groups is 1. The molecular weight excluding hydrogens is 269 g/mol. The first-order chi connectivity index (χ1) is 9.29. The van der Waals surface area contributed by atoms with Gasteiger partial charge in [-0.1, -0.05) is 18.2 Å². The van der Waals surface area contributed by atoms with Crippen molar-refractivity contribution >= 4 is 5.78 Å². The highest BCUT2D eigenvalue weighted by molar-refractivity contribution is 5.98. The summed E-state index contributed by atoms with van der Waals surface area (Å²) >= 11 is 0. The number of benzene rings is 1. The molecule has 0 radical (unpaired) electrons. The molecular formula is C14H13F3N2O. The molecule has 0 fully saturated rings. The van der Waals surface area contributed by atoms with Crippen LogP contribution in [0.5, 0.6) is 0 Å². The fourth-order valence-electron chi connectivity index (χ4n) is 1.91. The Balaban J connectivity index is 2.22. The summed E-state index contributed by atoms with van der Waals surface area (Å²) in [5, 5.41) is 3.95. The molecule has 2 rings (SSSR count). The van der Waals surface area contributed by atoms with Gasteiger partial charge in [-0.25, -0.2) is 0 Å². The minimum atomic E-state index is -4.40. The molecule has 0 spiro atoms. The average molecular weight is 282 g/mol. The summed E-state index contributed by atoms with van der Waals surface area (Å²) in [6.45, 7) is 1.74. The van der Waals surface area contributed by atoms with Gasteiger partial charge in [-0.2, -0.15) is 18.3 Å². The second-order valence-electron chi connectivity index (χ2n) is 4.57. The van der Waals surface area contributed by atoms with Crippen molar-refractivity contribution < 1.29 is 18.0 Å². The van der Waals surface area contributed by atoms with E-state index in [2.05, 4.69) is 5.10 Å². The molecule has 0 unspecified atom stereocenters. The first-order valence-electron chi connectivity index (χ1n) is 5.97. The second-order valence-corrected chi connectivity index (χ2v) is 4.57. The van der Waals surface area contributed by atoms with Crippen LogP contribution in [0.4, 0.5) is 13.2 Å². The van der Waals surface area contributed by atoms with Crippen LogP contribution in [0.2, 0.25) is 0 Å². The Labute approximate surface area is 114 Å². The number of aromatic nitrogens is 2. The average Bonchev–Trinajstić information content (AvgIpc) is 2.69. The third-order valence-electron chi connectivity index (χ3n) is 3.15. The van der Waals surface area contributed by atoms with Crippen LogP contribution in [0, 0.1) is 6.92 Å². The number of alkyl halides is 3. The van der Waals surface area contributed by atoms with Crippen LogP contribution in [0.25, 0.3) is 0 Å². The standard InChI is InChI=1S/C14H13F3N2O/c1-9-12(8-18-19(9)2)13(20)7-10-4-3-5-11(6-10)14(15,16)17/h3-6,8H,7H2,1-2H3. The summed E-state index contributed by atoms with van der Waals surface area (Å²) in [5.74, 6) is -0.241. The molecule has 0 aliphatic carbocycles. The fraction of sp³-hybridized carbons (Fsp3) is 0.286. The molecule has 6 heteroatoms. The number of Topliss-reactive ketones (excluding diaryl/α,β-unsaturated/α-hetero) is 1. The molecule has 0 saturated carbocycles. The van der Waals surface area contributed by atoms with Crippen molar-refractivity contribution in [1.29, 1.82) is 0 Å². The Morgan fingerprint density at radius 2 is 2.05 bits per heavy atom. The zero-order valence-corrected chi connectivity index (χ0v) is 11.0. The number of hydrogen-bond donors (Lipinski definition) is 0. The number of hydrogen-bond acceptors (Lipinski definition) is 2. The highest BCUT2D eigenvalue weighted by atomic mass is 19.4. The molecule has 0 bridgehead atoms. The number of ketones is 1. The monoisotopic (exact) mass is 282 g/mol. The van der Waals surface area contributed by atoms with Gasteiger partial charge in [0.15, 0.2) is 5.78 Å². The number of aryl methyl sites for hydroxylation is 1. The van der Waals surface area contributed by atoms with Gasteiger partial charge in [-0.3, -0.25) is 9.48 Å². The lowest BCUT2D eigenvalue weighted by molar-refractivity contribution is -0.137. The molecule has 3 nitrogen and oxygen atoms in total. The van der Waals surface area contributed by atoms with E-state index in [4.69, 9.17) is 0 Å². The molecule has 20 heavy (non-hydrogen) atoms. The summed E-state index contributed by atoms with van der Waals surface area (Å²) in [4.78, 5) is 12.1. The molecule has 2 aromatic rings. The first kappa shape index (κ1) is 14.3. The van der Waals surface area contributed by atoms with Gasteiger partial charge in [0, 0.05) is 19.2 Å². The largest absolute Gasteiger partial charge is 0.416 e. The van der Waals surface area contributed by atoms with Crippen LogP contribution in [0.3, 0.4) is 0 Å². The molecule has 1 aromatic carbocycles. The summed E-state index contributed by atoms with van der Waals surface area (Å²) in [7, 11) is 1.70. The van der Waals surface area contributed by atoms with Gasteiger partial charge in [0.1, 0.15) is 0 Å². The minimum absolute atomic E-state index is 0.0730. The van der Waals surface area contributed by atoms with E-state index in [9.17, 15) is 18.0 Å². The van der Waals surface area contributed by atoms with Gasteiger partial charge in [-0.15, -0.1) is 0 Å². The van der Waals surface area contributed by atoms with Gasteiger partial charge >= 0.3 is 6.18 Å². The van der Waals surface area contributed by atoms with Crippen LogP contribution in [-0.4, -0.2) is 15.6 Å². The molecule has 1 aromatic heterocycles. The van der Waals surface area contributed by atoms with Gasteiger partial charge in [0.25, 0.3) is 0 Å². The summed E-state index contributed by atoms with van der Waals surface area (Å²) in [5.41, 5.74) is 0.727. The Bertz CT molecular complexity index is 644. The Kier molecular flexibility index (Phi) is 3.65. The van der Waals surface area contributed by atoms with Crippen molar-refractivity contribution in [2.75, 3.05) is 0 Å². The second kappa shape index (κ2) is 5.11. The zero-order valence-electron chi connectivity index (χ0n) is 11.0. The van der Waals surface area contributed by atoms with Crippen molar-refractivity contribution in [3.05, 3.63) is 52.8 Å². The smallest absolute Gasteiger partial charge is 0.294 e. The lowest BCUT2D eigenvalue weighted by atomic mass is 10.0. The van der Waals surface area contributed by atoms with E-state index in [1.54, 1.807) is 18.7 Å². The maximum absolute atomic E-state index is 12.6. The number of rotatable bonds is 3. The van der Waals surface area contributed by atoms with Crippen molar-refractivity contribution in [2.24, 2.45) is 7.05 Å². The van der Waals surface area contributed by atoms with Crippen LogP contribution < -0.4 is 0 Å². The van der Waals surface area contributed by atoms with E-state index < -0.39 is 11.7 Å². The number of carbonyl (C=O) groups excluding carboxylic acids is 1. The molecule has 1 heterocycles. The van der Waals surface area contributed by atoms with E-state index in [1.165, 1.54) is 18.3 Å². The van der Waals surface area contributed by atoms with Gasteiger partial charge in [0.05, 0.1) is 17.3 Å². The van der Waals surface area contributed by atoms with Crippen molar-refractivity contribution in [1.82, 2.24) is 9.78 Å². The minimum Gasteiger partial charge on any atom is -0.294 e. The predicted molar refractivity (Wildman–Crippen MR) is 67.4 cm³/mol. The maximum Gasteiger partial charge on any atom is 0.416 e. The van der Waals surface area contributed by atoms with E-state index >= 15 is 0 Å². The highest BCUT2D eigenvalue weighted by Gasteiger charge is 2.30. The van der Waals surface area contributed by atoms with Crippen molar-refractivity contribution in [3.63, 3.8) is 0 Å². The van der Waals surface area contributed by atoms with E-state index in [0.29, 0.717) is 16.8 Å². The van der Waals surface area contributed by atoms with E-state index in [0.717, 1.165) is 12.1 Å². The predicted octanol–water partition coefficient (Wildman–Crippen LogP) is 3.17. The van der Waals surface area contributed by atoms with Crippen LogP contribution in [-0.2, 0) is 19.6 Å². The molecule has 0 amide bonds. The number of halogens is 3. The molecule has 0 aliphatic rings. The van der Waals surface area contributed by atoms with Crippen molar-refractivity contribution in [2.45, 2.75) is 19.5 Å². The number of nitrogens with zero attached hydrogens (tertiary/aromatic N) is 2. The topological polar surface area (TPSA) is 34.9 Å². The third kappa shape index (κ3) is 2.89. The Hall–Kier alpha value is -2.11. The molecule has 0 aliphatic heterocycles. The zero-order chi connectivity index (χ0) is 14.9. The lowest BCUT2D eigenvalue weighted by Crippen LogP contribution is -2.08. The van der Waals surface area contributed by atoms with E-state index in [-0.39, 0.29) is 12.2 Å². The van der Waals surface area contributed by atoms with Crippen LogP contribution in [0.1, 0.15) is 27.2 Å².